The van der Waals surface area contributed by atoms with Crippen LogP contribution in [-0.4, -0.2) is 54.1 Å². The number of benzene rings is 1. The Morgan fingerprint density at radius 2 is 1.90 bits per heavy atom. The molecule has 8 nitrogen and oxygen atoms in total. The Kier molecular flexibility index (Phi) is 5.97. The molecule has 1 aromatic heterocycles. The first-order valence-corrected chi connectivity index (χ1v) is 9.23. The number of aromatic nitrogens is 3. The van der Waals surface area contributed by atoms with Crippen molar-refractivity contribution < 1.29 is 19.0 Å². The highest BCUT2D eigenvalue weighted by Crippen LogP contribution is 2.23. The van der Waals surface area contributed by atoms with Crippen LogP contribution in [0, 0.1) is 0 Å². The highest BCUT2D eigenvalue weighted by atomic mass is 35.5. The molecule has 29 heavy (non-hydrogen) atoms. The van der Waals surface area contributed by atoms with Gasteiger partial charge in [-0.05, 0) is 31.2 Å². The summed E-state index contributed by atoms with van der Waals surface area (Å²) in [4.78, 5) is 12.8. The van der Waals surface area contributed by atoms with Gasteiger partial charge in [-0.15, -0.1) is 5.10 Å². The summed E-state index contributed by atoms with van der Waals surface area (Å²) in [5.74, 6) is -3.28. The van der Waals surface area contributed by atoms with Gasteiger partial charge in [0.05, 0.1) is 30.6 Å². The van der Waals surface area contributed by atoms with Crippen LogP contribution >= 0.6 is 11.6 Å². The van der Waals surface area contributed by atoms with E-state index < -0.39 is 30.4 Å². The normalized spacial score (nSPS) is 16.5. The molecule has 0 amide bonds. The van der Waals surface area contributed by atoms with Crippen LogP contribution in [0.4, 0.5) is 8.78 Å². The van der Waals surface area contributed by atoms with Crippen molar-refractivity contribution in [1.82, 2.24) is 14.3 Å². The highest BCUT2D eigenvalue weighted by Gasteiger charge is 2.34. The highest BCUT2D eigenvalue weighted by molar-refractivity contribution is 6.30. The summed E-state index contributed by atoms with van der Waals surface area (Å²) < 4.78 is 29.1. The van der Waals surface area contributed by atoms with Crippen molar-refractivity contribution in [2.45, 2.75) is 51.5 Å². The van der Waals surface area contributed by atoms with Gasteiger partial charge in [-0.1, -0.05) is 11.6 Å². The van der Waals surface area contributed by atoms with Crippen LogP contribution in [0.2, 0.25) is 5.02 Å². The topological polar surface area (TPSA) is 105 Å². The van der Waals surface area contributed by atoms with E-state index in [-0.39, 0.29) is 18.8 Å². The number of hydrogen-bond donors (Lipinski definition) is 2. The number of aliphatic hydroxyl groups is 2. The van der Waals surface area contributed by atoms with E-state index in [4.69, 9.17) is 11.6 Å². The molecule has 1 aliphatic heterocycles. The average Bonchev–Trinajstić information content (AvgIpc) is 3.22. The minimum atomic E-state index is -3.39. The maximum absolute atomic E-state index is 13.5. The standard InChI is InChI=1S/C18H20ClF2N5O3/c1-10(27)14-7-13(22-23-14)8-26-17(29)25(9-15(28)18(2,20)21)16(24-26)11-3-5-12(19)6-4-11/h3-6,10,15,27-28H,7-9H2,1-2H3. The molecule has 0 saturated carbocycles. The molecule has 0 fully saturated rings. The van der Waals surface area contributed by atoms with E-state index in [9.17, 15) is 23.8 Å². The number of nitrogens with zero attached hydrogens (tertiary/aromatic N) is 5. The molecule has 2 unspecified atom stereocenters. The maximum atomic E-state index is 13.5. The maximum Gasteiger partial charge on any atom is 0.346 e. The van der Waals surface area contributed by atoms with Crippen molar-refractivity contribution in [3.05, 3.63) is 39.8 Å². The van der Waals surface area contributed by atoms with E-state index in [0.29, 0.717) is 28.9 Å². The second-order valence-corrected chi connectivity index (χ2v) is 7.40. The summed E-state index contributed by atoms with van der Waals surface area (Å²) >= 11 is 5.89. The smallest absolute Gasteiger partial charge is 0.346 e. The second-order valence-electron chi connectivity index (χ2n) is 6.96. The third-order valence-corrected chi connectivity index (χ3v) is 4.74. The van der Waals surface area contributed by atoms with Gasteiger partial charge in [0, 0.05) is 23.9 Å². The zero-order valence-corrected chi connectivity index (χ0v) is 16.5. The van der Waals surface area contributed by atoms with Crippen LogP contribution in [0.1, 0.15) is 20.3 Å². The lowest BCUT2D eigenvalue weighted by molar-refractivity contribution is -0.0993. The summed E-state index contributed by atoms with van der Waals surface area (Å²) in [5.41, 5.74) is 0.765. The number of alkyl halides is 2. The Bertz CT molecular complexity index is 1010. The van der Waals surface area contributed by atoms with E-state index >= 15 is 0 Å². The van der Waals surface area contributed by atoms with Crippen LogP contribution in [-0.2, 0) is 13.1 Å². The van der Waals surface area contributed by atoms with Crippen molar-refractivity contribution in [2.24, 2.45) is 10.2 Å². The fourth-order valence-electron chi connectivity index (χ4n) is 2.76. The predicted octanol–water partition coefficient (Wildman–Crippen LogP) is 1.96. The minimum Gasteiger partial charge on any atom is -0.387 e. The molecule has 2 aromatic rings. The van der Waals surface area contributed by atoms with Crippen LogP contribution in [0.15, 0.2) is 39.3 Å². The van der Waals surface area contributed by atoms with Crippen molar-refractivity contribution >= 4 is 23.0 Å². The lowest BCUT2D eigenvalue weighted by atomic mass is 10.1. The van der Waals surface area contributed by atoms with Gasteiger partial charge >= 0.3 is 5.69 Å². The molecule has 2 heterocycles. The number of rotatable bonds is 7. The van der Waals surface area contributed by atoms with E-state index in [1.54, 1.807) is 31.2 Å². The summed E-state index contributed by atoms with van der Waals surface area (Å²) in [6.07, 6.45) is -2.56. The van der Waals surface area contributed by atoms with Gasteiger partial charge < -0.3 is 10.2 Å². The number of hydrogen-bond acceptors (Lipinski definition) is 6. The average molecular weight is 428 g/mol. The third kappa shape index (κ3) is 4.77. The van der Waals surface area contributed by atoms with Gasteiger partial charge in [-0.3, -0.25) is 4.57 Å². The largest absolute Gasteiger partial charge is 0.387 e. The van der Waals surface area contributed by atoms with Gasteiger partial charge in [0.1, 0.15) is 6.10 Å². The van der Waals surface area contributed by atoms with E-state index in [0.717, 1.165) is 9.25 Å². The van der Waals surface area contributed by atoms with Gasteiger partial charge in [0.2, 0.25) is 0 Å². The molecule has 0 saturated heterocycles. The fraction of sp³-hybridized carbons (Fsp3) is 0.444. The quantitative estimate of drug-likeness (QED) is 0.704. The molecule has 3 rings (SSSR count). The van der Waals surface area contributed by atoms with E-state index in [2.05, 4.69) is 15.3 Å². The van der Waals surface area contributed by atoms with Gasteiger partial charge in [0.15, 0.2) is 5.82 Å². The van der Waals surface area contributed by atoms with E-state index in [1.807, 2.05) is 0 Å². The predicted molar refractivity (Wildman–Crippen MR) is 105 cm³/mol. The molecular weight excluding hydrogens is 408 g/mol. The molecule has 0 radical (unpaired) electrons. The van der Waals surface area contributed by atoms with Crippen molar-refractivity contribution in [3.8, 4) is 11.4 Å². The molecule has 2 atom stereocenters. The molecular formula is C18H20ClF2N5O3. The Balaban J connectivity index is 1.95. The lowest BCUT2D eigenvalue weighted by Gasteiger charge is -2.18. The first-order valence-electron chi connectivity index (χ1n) is 8.86. The monoisotopic (exact) mass is 427 g/mol. The molecule has 0 bridgehead atoms. The first-order chi connectivity index (χ1) is 13.6. The number of halogens is 3. The van der Waals surface area contributed by atoms with Crippen molar-refractivity contribution in [1.29, 1.82) is 0 Å². The van der Waals surface area contributed by atoms with E-state index in [1.165, 1.54) is 0 Å². The zero-order valence-electron chi connectivity index (χ0n) is 15.8. The van der Waals surface area contributed by atoms with Gasteiger partial charge in [-0.25, -0.2) is 18.3 Å². The summed E-state index contributed by atoms with van der Waals surface area (Å²) in [5, 5.41) is 31.9. The Morgan fingerprint density at radius 1 is 1.24 bits per heavy atom. The molecule has 156 valence electrons. The zero-order chi connectivity index (χ0) is 21.3. The molecule has 0 spiro atoms. The summed E-state index contributed by atoms with van der Waals surface area (Å²) in [6.45, 7) is 1.48. The molecule has 11 heteroatoms. The molecule has 1 aliphatic rings. The van der Waals surface area contributed by atoms with Crippen LogP contribution in [0.3, 0.4) is 0 Å². The SMILES string of the molecule is CC(O)C1=NN=C(Cn2nc(-c3ccc(Cl)cc3)n(CC(O)C(C)(F)F)c2=O)C1. The summed E-state index contributed by atoms with van der Waals surface area (Å²) in [7, 11) is 0. The van der Waals surface area contributed by atoms with Crippen molar-refractivity contribution in [3.63, 3.8) is 0 Å². The third-order valence-electron chi connectivity index (χ3n) is 4.49. The number of aliphatic hydroxyl groups excluding tert-OH is 2. The van der Waals surface area contributed by atoms with Crippen molar-refractivity contribution in [2.75, 3.05) is 0 Å². The molecule has 2 N–H and O–H groups in total. The minimum absolute atomic E-state index is 0.0231. The Labute approximate surface area is 169 Å². The van der Waals surface area contributed by atoms with Gasteiger partial charge in [0.25, 0.3) is 5.92 Å². The Hall–Kier alpha value is -2.43. The second kappa shape index (κ2) is 8.13. The fourth-order valence-corrected chi connectivity index (χ4v) is 2.89. The lowest BCUT2D eigenvalue weighted by Crippen LogP contribution is -2.38. The van der Waals surface area contributed by atoms with Crippen LogP contribution < -0.4 is 5.69 Å². The van der Waals surface area contributed by atoms with Crippen LogP contribution in [0.5, 0.6) is 0 Å². The van der Waals surface area contributed by atoms with Gasteiger partial charge in [-0.2, -0.15) is 10.2 Å². The molecule has 0 aliphatic carbocycles. The summed E-state index contributed by atoms with van der Waals surface area (Å²) in [6, 6.07) is 6.37. The van der Waals surface area contributed by atoms with Crippen LogP contribution in [0.25, 0.3) is 11.4 Å². The molecule has 1 aromatic carbocycles. The first kappa shape index (κ1) is 21.3. The Morgan fingerprint density at radius 3 is 2.45 bits per heavy atom.